The van der Waals surface area contributed by atoms with E-state index in [4.69, 9.17) is 4.74 Å². The molecule has 94 valence electrons. The lowest BCUT2D eigenvalue weighted by Gasteiger charge is -2.19. The molecule has 0 aliphatic heterocycles. The summed E-state index contributed by atoms with van der Waals surface area (Å²) in [6.07, 6.45) is 4.50. The normalized spacial score (nSPS) is 18.3. The second-order valence-corrected chi connectivity index (χ2v) is 5.19. The summed E-state index contributed by atoms with van der Waals surface area (Å²) in [5.74, 6) is 1.35. The predicted molar refractivity (Wildman–Crippen MR) is 69.4 cm³/mol. The molecule has 2 nitrogen and oxygen atoms in total. The van der Waals surface area contributed by atoms with Crippen LogP contribution in [0, 0.1) is 19.8 Å². The van der Waals surface area contributed by atoms with Crippen LogP contribution in [0.5, 0.6) is 5.75 Å². The lowest BCUT2D eigenvalue weighted by Crippen LogP contribution is -2.25. The third kappa shape index (κ3) is 3.22. The highest BCUT2D eigenvalue weighted by molar-refractivity contribution is 5.35. The number of benzene rings is 1. The number of aliphatic hydroxyl groups is 1. The molecular weight excluding hydrogens is 212 g/mol. The average molecular weight is 234 g/mol. The third-order valence-corrected chi connectivity index (χ3v) is 3.70. The molecule has 1 fully saturated rings. The summed E-state index contributed by atoms with van der Waals surface area (Å²) in [5, 5.41) is 10.0. The molecule has 0 radical (unpaired) electrons. The van der Waals surface area contributed by atoms with E-state index >= 15 is 0 Å². The summed E-state index contributed by atoms with van der Waals surface area (Å²) in [6.45, 7) is 4.52. The van der Waals surface area contributed by atoms with Crippen molar-refractivity contribution in [2.24, 2.45) is 5.92 Å². The zero-order valence-corrected chi connectivity index (χ0v) is 10.8. The second-order valence-electron chi connectivity index (χ2n) is 5.19. The largest absolute Gasteiger partial charge is 0.491 e. The maximum absolute atomic E-state index is 10.0. The summed E-state index contributed by atoms with van der Waals surface area (Å²) >= 11 is 0. The van der Waals surface area contributed by atoms with Gasteiger partial charge in [-0.2, -0.15) is 0 Å². The average Bonchev–Trinajstić information content (AvgIpc) is 2.83. The van der Waals surface area contributed by atoms with Gasteiger partial charge >= 0.3 is 0 Å². The lowest BCUT2D eigenvalue weighted by molar-refractivity contribution is 0.0591. The molecule has 0 saturated heterocycles. The summed E-state index contributed by atoms with van der Waals surface area (Å²) in [7, 11) is 0. The Hall–Kier alpha value is -1.02. The van der Waals surface area contributed by atoms with Crippen molar-refractivity contribution >= 4 is 0 Å². The van der Waals surface area contributed by atoms with Crippen LogP contribution in [0.25, 0.3) is 0 Å². The van der Waals surface area contributed by atoms with E-state index in [9.17, 15) is 5.11 Å². The maximum atomic E-state index is 10.0. The molecule has 0 aromatic heterocycles. The molecule has 1 saturated carbocycles. The van der Waals surface area contributed by atoms with Crippen LogP contribution in [-0.2, 0) is 0 Å². The molecule has 2 heteroatoms. The van der Waals surface area contributed by atoms with Gasteiger partial charge in [-0.05, 0) is 49.8 Å². The smallest absolute Gasteiger partial charge is 0.122 e. The first kappa shape index (κ1) is 12.4. The molecule has 1 atom stereocenters. The van der Waals surface area contributed by atoms with E-state index in [1.807, 2.05) is 13.0 Å². The molecular formula is C15H22O2. The van der Waals surface area contributed by atoms with E-state index in [1.165, 1.54) is 18.4 Å². The molecule has 1 aliphatic carbocycles. The monoisotopic (exact) mass is 234 g/mol. The van der Waals surface area contributed by atoms with Crippen LogP contribution < -0.4 is 4.74 Å². The highest BCUT2D eigenvalue weighted by Crippen LogP contribution is 2.28. The summed E-state index contributed by atoms with van der Waals surface area (Å²) in [4.78, 5) is 0. The Morgan fingerprint density at radius 1 is 1.29 bits per heavy atom. The van der Waals surface area contributed by atoms with Crippen molar-refractivity contribution in [1.82, 2.24) is 0 Å². The number of aliphatic hydroxyl groups excluding tert-OH is 1. The SMILES string of the molecule is Cc1ccc(C)c(OCC(O)C2CCCC2)c1. The molecule has 1 aromatic carbocycles. The summed E-state index contributed by atoms with van der Waals surface area (Å²) in [5.41, 5.74) is 2.33. The molecule has 1 N–H and O–H groups in total. The van der Waals surface area contributed by atoms with Crippen molar-refractivity contribution in [3.8, 4) is 5.75 Å². The number of hydrogen-bond donors (Lipinski definition) is 1. The minimum absolute atomic E-state index is 0.308. The van der Waals surface area contributed by atoms with Gasteiger partial charge in [0.15, 0.2) is 0 Å². The molecule has 1 aromatic rings. The molecule has 0 bridgehead atoms. The lowest BCUT2D eigenvalue weighted by atomic mass is 10.0. The topological polar surface area (TPSA) is 29.5 Å². The van der Waals surface area contributed by atoms with Gasteiger partial charge in [-0.1, -0.05) is 25.0 Å². The summed E-state index contributed by atoms with van der Waals surface area (Å²) < 4.78 is 5.74. The molecule has 1 unspecified atom stereocenters. The van der Waals surface area contributed by atoms with Gasteiger partial charge in [0, 0.05) is 0 Å². The van der Waals surface area contributed by atoms with E-state index in [1.54, 1.807) is 0 Å². The van der Waals surface area contributed by atoms with Crippen LogP contribution in [0.1, 0.15) is 36.8 Å². The quantitative estimate of drug-likeness (QED) is 0.866. The predicted octanol–water partition coefficient (Wildman–Crippen LogP) is 3.23. The first-order valence-corrected chi connectivity index (χ1v) is 6.55. The Balaban J connectivity index is 1.90. The zero-order valence-electron chi connectivity index (χ0n) is 10.8. The molecule has 1 aliphatic rings. The minimum atomic E-state index is -0.308. The number of ether oxygens (including phenoxy) is 1. The molecule has 0 spiro atoms. The Morgan fingerprint density at radius 3 is 2.71 bits per heavy atom. The second kappa shape index (κ2) is 5.54. The standard InChI is InChI=1S/C15H22O2/c1-11-7-8-12(2)15(9-11)17-10-14(16)13-5-3-4-6-13/h7-9,13-14,16H,3-6,10H2,1-2H3. The molecule has 0 amide bonds. The van der Waals surface area contributed by atoms with Gasteiger partial charge in [0.05, 0.1) is 6.10 Å². The fraction of sp³-hybridized carbons (Fsp3) is 0.600. The van der Waals surface area contributed by atoms with E-state index in [0.717, 1.165) is 24.2 Å². The van der Waals surface area contributed by atoms with Gasteiger partial charge in [-0.15, -0.1) is 0 Å². The molecule has 0 heterocycles. The van der Waals surface area contributed by atoms with Crippen molar-refractivity contribution in [3.05, 3.63) is 29.3 Å². The van der Waals surface area contributed by atoms with Crippen LogP contribution >= 0.6 is 0 Å². The van der Waals surface area contributed by atoms with Crippen molar-refractivity contribution in [3.63, 3.8) is 0 Å². The number of hydrogen-bond acceptors (Lipinski definition) is 2. The Bertz CT molecular complexity index is 367. The van der Waals surface area contributed by atoms with Gasteiger partial charge in [0.25, 0.3) is 0 Å². The Morgan fingerprint density at radius 2 is 2.00 bits per heavy atom. The first-order valence-electron chi connectivity index (χ1n) is 6.55. The van der Waals surface area contributed by atoms with E-state index in [0.29, 0.717) is 12.5 Å². The number of aryl methyl sites for hydroxylation is 2. The third-order valence-electron chi connectivity index (χ3n) is 3.70. The van der Waals surface area contributed by atoms with Crippen molar-refractivity contribution < 1.29 is 9.84 Å². The van der Waals surface area contributed by atoms with Crippen LogP contribution in [0.2, 0.25) is 0 Å². The Kier molecular flexibility index (Phi) is 4.06. The van der Waals surface area contributed by atoms with Gasteiger partial charge in [-0.3, -0.25) is 0 Å². The van der Waals surface area contributed by atoms with Crippen LogP contribution in [0.4, 0.5) is 0 Å². The maximum Gasteiger partial charge on any atom is 0.122 e. The van der Waals surface area contributed by atoms with Gasteiger partial charge < -0.3 is 9.84 Å². The van der Waals surface area contributed by atoms with E-state index < -0.39 is 0 Å². The van der Waals surface area contributed by atoms with E-state index in [2.05, 4.69) is 19.1 Å². The summed E-state index contributed by atoms with van der Waals surface area (Å²) in [6, 6.07) is 6.18. The highest BCUT2D eigenvalue weighted by atomic mass is 16.5. The highest BCUT2D eigenvalue weighted by Gasteiger charge is 2.23. The number of rotatable bonds is 4. The zero-order chi connectivity index (χ0) is 12.3. The van der Waals surface area contributed by atoms with Crippen molar-refractivity contribution in [2.45, 2.75) is 45.6 Å². The van der Waals surface area contributed by atoms with Gasteiger partial charge in [0.1, 0.15) is 12.4 Å². The van der Waals surface area contributed by atoms with Crippen LogP contribution in [0.15, 0.2) is 18.2 Å². The fourth-order valence-electron chi connectivity index (χ4n) is 2.52. The van der Waals surface area contributed by atoms with Crippen molar-refractivity contribution in [2.75, 3.05) is 6.61 Å². The molecule has 2 rings (SSSR count). The van der Waals surface area contributed by atoms with Crippen LogP contribution in [-0.4, -0.2) is 17.8 Å². The van der Waals surface area contributed by atoms with Crippen LogP contribution in [0.3, 0.4) is 0 Å². The first-order chi connectivity index (χ1) is 8.16. The minimum Gasteiger partial charge on any atom is -0.491 e. The van der Waals surface area contributed by atoms with E-state index in [-0.39, 0.29) is 6.10 Å². The Labute approximate surface area is 104 Å². The molecule has 17 heavy (non-hydrogen) atoms. The van der Waals surface area contributed by atoms with Gasteiger partial charge in [0.2, 0.25) is 0 Å². The fourth-order valence-corrected chi connectivity index (χ4v) is 2.52. The van der Waals surface area contributed by atoms with Crippen molar-refractivity contribution in [1.29, 1.82) is 0 Å². The van der Waals surface area contributed by atoms with Gasteiger partial charge in [-0.25, -0.2) is 0 Å².